The molecule has 1 fully saturated rings. The number of primary amides is 2. The molecular formula is C26H27N7O3. The average Bonchev–Trinajstić information content (AvgIpc) is 3.38. The van der Waals surface area contributed by atoms with Gasteiger partial charge >= 0.3 is 0 Å². The fourth-order valence-electron chi connectivity index (χ4n) is 3.91. The summed E-state index contributed by atoms with van der Waals surface area (Å²) < 4.78 is 6.17. The van der Waals surface area contributed by atoms with Crippen molar-refractivity contribution in [2.75, 3.05) is 18.4 Å². The van der Waals surface area contributed by atoms with Crippen LogP contribution in [0.4, 0.5) is 11.5 Å². The molecule has 1 aromatic heterocycles. The number of carbonyl (C=O) groups is 2. The number of benzene rings is 2. The fraction of sp³-hybridized carbons (Fsp3) is 0.269. The smallest absolute Gasteiger partial charge is 0.267 e. The van der Waals surface area contributed by atoms with Crippen LogP contribution in [0.1, 0.15) is 35.8 Å². The molecule has 5 N–H and O–H groups in total. The number of amides is 2. The zero-order chi connectivity index (χ0) is 25.7. The van der Waals surface area contributed by atoms with Crippen molar-refractivity contribution in [2.24, 2.45) is 11.5 Å². The minimum Gasteiger partial charge on any atom is -0.457 e. The quantitative estimate of drug-likeness (QED) is 0.394. The van der Waals surface area contributed by atoms with Gasteiger partial charge in [0, 0.05) is 18.2 Å². The molecule has 0 unspecified atom stereocenters. The number of rotatable bonds is 9. The van der Waals surface area contributed by atoms with E-state index in [1.165, 1.54) is 18.9 Å². The van der Waals surface area contributed by atoms with Gasteiger partial charge in [0.2, 0.25) is 5.91 Å². The summed E-state index contributed by atoms with van der Waals surface area (Å²) in [5.41, 5.74) is 12.9. The summed E-state index contributed by atoms with van der Waals surface area (Å²) in [5.74, 6) is 0.525. The van der Waals surface area contributed by atoms with Gasteiger partial charge in [0.1, 0.15) is 29.1 Å². The molecule has 2 amide bonds. The second kappa shape index (κ2) is 10.8. The van der Waals surface area contributed by atoms with E-state index in [4.69, 9.17) is 22.8 Å². The third-order valence-electron chi connectivity index (χ3n) is 5.88. The highest BCUT2D eigenvalue weighted by molar-refractivity contribution is 5.92. The minimum absolute atomic E-state index is 0.00551. The van der Waals surface area contributed by atoms with E-state index in [9.17, 15) is 9.59 Å². The van der Waals surface area contributed by atoms with Crippen LogP contribution in [0.3, 0.4) is 0 Å². The largest absolute Gasteiger partial charge is 0.457 e. The molecule has 10 nitrogen and oxygen atoms in total. The predicted molar refractivity (Wildman–Crippen MR) is 136 cm³/mol. The first-order valence-electron chi connectivity index (χ1n) is 11.6. The number of hydrogen-bond acceptors (Lipinski definition) is 7. The van der Waals surface area contributed by atoms with Gasteiger partial charge in [-0.1, -0.05) is 6.07 Å². The molecule has 1 aliphatic heterocycles. The van der Waals surface area contributed by atoms with Crippen molar-refractivity contribution in [3.63, 3.8) is 0 Å². The Morgan fingerprint density at radius 3 is 2.47 bits per heavy atom. The fourth-order valence-corrected chi connectivity index (χ4v) is 3.91. The number of aromatic nitrogens is 2. The van der Waals surface area contributed by atoms with E-state index in [-0.39, 0.29) is 17.3 Å². The lowest BCUT2D eigenvalue weighted by Crippen LogP contribution is -2.33. The summed E-state index contributed by atoms with van der Waals surface area (Å²) in [6, 6.07) is 13.2. The standard InChI is InChI=1S/C26H27N7O3/c1-16(24(27)34)30-23-14-21(25(28)35)31-26(32-23)17-5-8-20(9-6-17)36-22-10-7-19(29-2)13-18(22)15-33-11-3-4-12-33/h5-10,13-14,16H,3-4,11-12,15H2,1H3,(H2,27,34)(H2,28,35)(H,30,31,32)/t16-/m0/s1. The van der Waals surface area contributed by atoms with Gasteiger partial charge in [0.25, 0.3) is 5.91 Å². The lowest BCUT2D eigenvalue weighted by atomic mass is 10.1. The number of nitrogens with two attached hydrogens (primary N) is 2. The summed E-state index contributed by atoms with van der Waals surface area (Å²) in [5, 5.41) is 2.85. The van der Waals surface area contributed by atoms with Gasteiger partial charge in [-0.3, -0.25) is 14.5 Å². The average molecular weight is 486 g/mol. The summed E-state index contributed by atoms with van der Waals surface area (Å²) in [6.07, 6.45) is 2.36. The Kier molecular flexibility index (Phi) is 7.42. The molecule has 0 spiro atoms. The van der Waals surface area contributed by atoms with Gasteiger partial charge < -0.3 is 21.5 Å². The zero-order valence-electron chi connectivity index (χ0n) is 19.9. The Hall–Kier alpha value is -4.49. The van der Waals surface area contributed by atoms with E-state index in [1.807, 2.05) is 12.1 Å². The number of anilines is 1. The molecule has 10 heteroatoms. The molecule has 4 rings (SSSR count). The molecule has 1 atom stereocenters. The van der Waals surface area contributed by atoms with Crippen LogP contribution in [0.15, 0.2) is 48.5 Å². The number of hydrogen-bond donors (Lipinski definition) is 3. The normalized spacial score (nSPS) is 14.1. The maximum absolute atomic E-state index is 11.8. The van der Waals surface area contributed by atoms with Crippen LogP contribution in [-0.4, -0.2) is 45.8 Å². The van der Waals surface area contributed by atoms with Crippen molar-refractivity contribution in [1.29, 1.82) is 0 Å². The first-order valence-corrected chi connectivity index (χ1v) is 11.6. The summed E-state index contributed by atoms with van der Waals surface area (Å²) in [4.78, 5) is 37.7. The maximum atomic E-state index is 11.8. The van der Waals surface area contributed by atoms with Crippen molar-refractivity contribution in [3.05, 3.63) is 71.2 Å². The van der Waals surface area contributed by atoms with Crippen LogP contribution >= 0.6 is 0 Å². The lowest BCUT2D eigenvalue weighted by Gasteiger charge is -2.18. The van der Waals surface area contributed by atoms with Gasteiger partial charge in [-0.2, -0.15) is 0 Å². The number of ether oxygens (including phenoxy) is 1. The minimum atomic E-state index is -0.721. The van der Waals surface area contributed by atoms with E-state index in [2.05, 4.69) is 25.0 Å². The topological polar surface area (TPSA) is 141 Å². The van der Waals surface area contributed by atoms with E-state index in [0.717, 1.165) is 25.2 Å². The van der Waals surface area contributed by atoms with Gasteiger partial charge in [-0.05, 0) is 74.8 Å². The number of likely N-dealkylation sites (tertiary alicyclic amines) is 1. The molecular weight excluding hydrogens is 458 g/mol. The molecule has 2 heterocycles. The summed E-state index contributed by atoms with van der Waals surface area (Å²) >= 11 is 0. The molecule has 3 aromatic rings. The van der Waals surface area contributed by atoms with Crippen molar-refractivity contribution < 1.29 is 14.3 Å². The first kappa shape index (κ1) is 24.6. The summed E-state index contributed by atoms with van der Waals surface area (Å²) in [7, 11) is 0. The van der Waals surface area contributed by atoms with Crippen LogP contribution in [0.2, 0.25) is 0 Å². The van der Waals surface area contributed by atoms with Gasteiger partial charge in [-0.15, -0.1) is 0 Å². The predicted octanol–water partition coefficient (Wildman–Crippen LogP) is 3.47. The molecule has 0 radical (unpaired) electrons. The van der Waals surface area contributed by atoms with Crippen molar-refractivity contribution in [1.82, 2.24) is 14.9 Å². The number of nitrogens with one attached hydrogen (secondary N) is 1. The van der Waals surface area contributed by atoms with E-state index >= 15 is 0 Å². The maximum Gasteiger partial charge on any atom is 0.267 e. The van der Waals surface area contributed by atoms with Crippen LogP contribution in [0, 0.1) is 6.57 Å². The van der Waals surface area contributed by atoms with E-state index < -0.39 is 17.9 Å². The van der Waals surface area contributed by atoms with Crippen LogP contribution < -0.4 is 21.5 Å². The Bertz CT molecular complexity index is 1310. The van der Waals surface area contributed by atoms with Crippen LogP contribution in [-0.2, 0) is 11.3 Å². The third-order valence-corrected chi connectivity index (χ3v) is 5.88. The number of nitrogens with zero attached hydrogens (tertiary/aromatic N) is 4. The molecule has 184 valence electrons. The second-order valence-corrected chi connectivity index (χ2v) is 8.61. The van der Waals surface area contributed by atoms with Crippen molar-refractivity contribution >= 4 is 23.3 Å². The third kappa shape index (κ3) is 5.95. The van der Waals surface area contributed by atoms with Crippen LogP contribution in [0.25, 0.3) is 16.2 Å². The molecule has 0 aliphatic carbocycles. The SMILES string of the molecule is [C-]#[N+]c1ccc(Oc2ccc(-c3nc(N[C@@H](C)C(N)=O)cc(C(N)=O)n3)cc2)c(CN2CCCC2)c1. The Morgan fingerprint density at radius 2 is 1.83 bits per heavy atom. The van der Waals surface area contributed by atoms with Crippen molar-refractivity contribution in [2.45, 2.75) is 32.4 Å². The van der Waals surface area contributed by atoms with Crippen LogP contribution in [0.5, 0.6) is 11.5 Å². The molecule has 1 aliphatic rings. The molecule has 0 saturated carbocycles. The highest BCUT2D eigenvalue weighted by Crippen LogP contribution is 2.32. The highest BCUT2D eigenvalue weighted by Gasteiger charge is 2.17. The Labute approximate surface area is 209 Å². The first-order chi connectivity index (χ1) is 17.3. The number of carbonyl (C=O) groups excluding carboxylic acids is 2. The second-order valence-electron chi connectivity index (χ2n) is 8.61. The van der Waals surface area contributed by atoms with E-state index in [1.54, 1.807) is 37.3 Å². The van der Waals surface area contributed by atoms with Crippen molar-refractivity contribution in [3.8, 4) is 22.9 Å². The Balaban J connectivity index is 1.57. The van der Waals surface area contributed by atoms with Gasteiger partial charge in [0.05, 0.1) is 6.57 Å². The summed E-state index contributed by atoms with van der Waals surface area (Å²) in [6.45, 7) is 11.7. The Morgan fingerprint density at radius 1 is 1.11 bits per heavy atom. The molecule has 2 aromatic carbocycles. The lowest BCUT2D eigenvalue weighted by molar-refractivity contribution is -0.118. The monoisotopic (exact) mass is 485 g/mol. The molecule has 36 heavy (non-hydrogen) atoms. The van der Waals surface area contributed by atoms with Gasteiger partial charge in [-0.25, -0.2) is 14.8 Å². The highest BCUT2D eigenvalue weighted by atomic mass is 16.5. The molecule has 1 saturated heterocycles. The van der Waals surface area contributed by atoms with Gasteiger partial charge in [0.15, 0.2) is 11.5 Å². The molecule has 0 bridgehead atoms. The van der Waals surface area contributed by atoms with E-state index in [0.29, 0.717) is 22.7 Å². The zero-order valence-corrected chi connectivity index (χ0v) is 19.9.